The van der Waals surface area contributed by atoms with Crippen LogP contribution in [0.3, 0.4) is 0 Å². The SMILES string of the molecule is Cc1cnn(C)c1-c1ccc(C[n+]2cc(NC(=O)Nc3cccc(C(F)(F)F)c3)on2)nc1. The van der Waals surface area contributed by atoms with E-state index in [1.165, 1.54) is 23.0 Å². The quantitative estimate of drug-likeness (QED) is 0.443. The van der Waals surface area contributed by atoms with Crippen molar-refractivity contribution < 1.29 is 27.2 Å². The number of pyridine rings is 1. The van der Waals surface area contributed by atoms with Crippen molar-refractivity contribution in [2.24, 2.45) is 7.05 Å². The van der Waals surface area contributed by atoms with Gasteiger partial charge in [-0.05, 0) is 47.5 Å². The molecule has 0 aliphatic carbocycles. The summed E-state index contributed by atoms with van der Waals surface area (Å²) in [7, 11) is 1.86. The van der Waals surface area contributed by atoms with Crippen molar-refractivity contribution >= 4 is 17.6 Å². The number of carbonyl (C=O) groups is 1. The van der Waals surface area contributed by atoms with E-state index in [0.29, 0.717) is 5.69 Å². The van der Waals surface area contributed by atoms with Gasteiger partial charge < -0.3 is 5.32 Å². The molecule has 3 heterocycles. The maximum atomic E-state index is 12.8. The number of nitrogens with zero attached hydrogens (tertiary/aromatic N) is 5. The summed E-state index contributed by atoms with van der Waals surface area (Å²) < 4.78 is 46.7. The van der Waals surface area contributed by atoms with Gasteiger partial charge in [-0.25, -0.2) is 4.79 Å². The van der Waals surface area contributed by atoms with Gasteiger partial charge in [-0.2, -0.15) is 18.3 Å². The molecule has 2 amide bonds. The summed E-state index contributed by atoms with van der Waals surface area (Å²) in [4.78, 5) is 16.5. The Hall–Kier alpha value is -4.22. The lowest BCUT2D eigenvalue weighted by Gasteiger charge is -2.09. The van der Waals surface area contributed by atoms with E-state index >= 15 is 0 Å². The topological polar surface area (TPSA) is 102 Å². The molecule has 0 saturated carbocycles. The fourth-order valence-corrected chi connectivity index (χ4v) is 3.24. The number of alkyl halides is 3. The van der Waals surface area contributed by atoms with Crippen molar-refractivity contribution in [1.82, 2.24) is 20.0 Å². The van der Waals surface area contributed by atoms with Crippen molar-refractivity contribution in [1.29, 1.82) is 0 Å². The smallest absolute Gasteiger partial charge is 0.308 e. The highest BCUT2D eigenvalue weighted by Gasteiger charge is 2.30. The number of benzene rings is 1. The van der Waals surface area contributed by atoms with Crippen LogP contribution in [0, 0.1) is 6.92 Å². The summed E-state index contributed by atoms with van der Waals surface area (Å²) in [5.41, 5.74) is 2.77. The first-order chi connectivity index (χ1) is 15.7. The third-order valence-corrected chi connectivity index (χ3v) is 4.74. The number of nitrogens with one attached hydrogen (secondary N) is 2. The highest BCUT2D eigenvalue weighted by Crippen LogP contribution is 2.30. The number of urea groups is 1. The molecule has 4 rings (SSSR count). The Kier molecular flexibility index (Phi) is 5.82. The molecule has 33 heavy (non-hydrogen) atoms. The Morgan fingerprint density at radius 2 is 2.00 bits per heavy atom. The van der Waals surface area contributed by atoms with Gasteiger partial charge in [-0.1, -0.05) is 6.07 Å². The zero-order valence-corrected chi connectivity index (χ0v) is 17.6. The van der Waals surface area contributed by atoms with E-state index < -0.39 is 17.8 Å². The molecule has 0 fully saturated rings. The number of aryl methyl sites for hydroxylation is 2. The van der Waals surface area contributed by atoms with Crippen LogP contribution in [0.4, 0.5) is 29.5 Å². The Labute approximate surface area is 185 Å². The van der Waals surface area contributed by atoms with Crippen LogP contribution in [-0.2, 0) is 19.8 Å². The summed E-state index contributed by atoms with van der Waals surface area (Å²) >= 11 is 0. The van der Waals surface area contributed by atoms with E-state index in [2.05, 4.69) is 26.0 Å². The molecule has 0 saturated heterocycles. The first kappa shape index (κ1) is 22.0. The third kappa shape index (κ3) is 5.17. The average Bonchev–Trinajstić information content (AvgIpc) is 3.33. The van der Waals surface area contributed by atoms with Gasteiger partial charge in [-0.3, -0.25) is 19.5 Å². The van der Waals surface area contributed by atoms with E-state index in [0.717, 1.165) is 29.0 Å². The molecule has 1 aromatic carbocycles. The first-order valence-corrected chi connectivity index (χ1v) is 9.74. The second-order valence-electron chi connectivity index (χ2n) is 7.26. The number of hydrogen-bond donors (Lipinski definition) is 2. The largest absolute Gasteiger partial charge is 0.416 e. The van der Waals surface area contributed by atoms with Gasteiger partial charge in [0.15, 0.2) is 0 Å². The predicted molar refractivity (Wildman–Crippen MR) is 111 cm³/mol. The summed E-state index contributed by atoms with van der Waals surface area (Å²) in [5, 5.41) is 12.7. The molecule has 0 bridgehead atoms. The Morgan fingerprint density at radius 1 is 1.18 bits per heavy atom. The van der Waals surface area contributed by atoms with E-state index in [1.54, 1.807) is 17.1 Å². The summed E-state index contributed by atoms with van der Waals surface area (Å²) in [6.07, 6.45) is 0.452. The average molecular weight is 458 g/mol. The molecule has 0 aliphatic heterocycles. The third-order valence-electron chi connectivity index (χ3n) is 4.74. The van der Waals surface area contributed by atoms with Gasteiger partial charge >= 0.3 is 18.1 Å². The molecule has 0 atom stereocenters. The number of anilines is 2. The predicted octanol–water partition coefficient (Wildman–Crippen LogP) is 3.78. The minimum absolute atomic E-state index is 0.0114. The molecule has 0 radical (unpaired) electrons. The molecule has 4 aromatic rings. The number of aromatic nitrogens is 5. The fourth-order valence-electron chi connectivity index (χ4n) is 3.24. The van der Waals surface area contributed by atoms with Crippen LogP contribution in [0.5, 0.6) is 0 Å². The lowest BCUT2D eigenvalue weighted by atomic mass is 10.1. The van der Waals surface area contributed by atoms with Gasteiger partial charge in [-0.15, -0.1) is 0 Å². The van der Waals surface area contributed by atoms with Gasteiger partial charge in [0.1, 0.15) is 5.69 Å². The van der Waals surface area contributed by atoms with Crippen molar-refractivity contribution in [3.05, 3.63) is 71.8 Å². The summed E-state index contributed by atoms with van der Waals surface area (Å²) in [6.45, 7) is 2.25. The standard InChI is InChI=1S/C21H18F3N7O2/c1-13-9-26-30(2)19(13)14-6-7-17(25-10-14)11-31-12-18(33-29-31)28-20(32)27-16-5-3-4-15(8-16)21(22,23)24/h3-10,12H,11H2,1-2H3,(H-,27,28,29,32)/p+1. The molecule has 0 aliphatic rings. The molecular formula is C21H19F3N7O2+. The number of amides is 2. The van der Waals surface area contributed by atoms with Crippen LogP contribution >= 0.6 is 0 Å². The normalized spacial score (nSPS) is 11.4. The Morgan fingerprint density at radius 3 is 2.67 bits per heavy atom. The lowest BCUT2D eigenvalue weighted by molar-refractivity contribution is -0.755. The van der Waals surface area contributed by atoms with Crippen LogP contribution in [0.2, 0.25) is 0 Å². The summed E-state index contributed by atoms with van der Waals surface area (Å²) in [5.74, 6) is 0.0154. The van der Waals surface area contributed by atoms with Crippen molar-refractivity contribution in [2.45, 2.75) is 19.6 Å². The van der Waals surface area contributed by atoms with Crippen molar-refractivity contribution in [3.63, 3.8) is 0 Å². The first-order valence-electron chi connectivity index (χ1n) is 9.74. The molecule has 0 spiro atoms. The highest BCUT2D eigenvalue weighted by atomic mass is 19.4. The van der Waals surface area contributed by atoms with Crippen LogP contribution < -0.4 is 15.3 Å². The summed E-state index contributed by atoms with van der Waals surface area (Å²) in [6, 6.07) is 7.30. The molecule has 2 N–H and O–H groups in total. The molecule has 170 valence electrons. The second-order valence-corrected chi connectivity index (χ2v) is 7.26. The number of halogens is 3. The van der Waals surface area contributed by atoms with E-state index in [4.69, 9.17) is 4.52 Å². The van der Waals surface area contributed by atoms with E-state index in [-0.39, 0.29) is 18.1 Å². The number of carbonyl (C=O) groups excluding carboxylic acids is 1. The molecule has 0 unspecified atom stereocenters. The van der Waals surface area contributed by atoms with Gasteiger partial charge in [0.2, 0.25) is 11.8 Å². The zero-order valence-electron chi connectivity index (χ0n) is 17.6. The van der Waals surface area contributed by atoms with E-state index in [1.807, 2.05) is 26.1 Å². The highest BCUT2D eigenvalue weighted by molar-refractivity contribution is 5.98. The van der Waals surface area contributed by atoms with Crippen LogP contribution in [0.1, 0.15) is 16.8 Å². The van der Waals surface area contributed by atoms with Crippen LogP contribution in [-0.4, -0.2) is 26.1 Å². The lowest BCUT2D eigenvalue weighted by Crippen LogP contribution is -2.35. The van der Waals surface area contributed by atoms with E-state index in [9.17, 15) is 18.0 Å². The molecule has 9 nitrogen and oxygen atoms in total. The number of rotatable bonds is 5. The molecule has 3 aromatic heterocycles. The minimum Gasteiger partial charge on any atom is -0.308 e. The maximum absolute atomic E-state index is 12.8. The Bertz CT molecular complexity index is 1260. The van der Waals surface area contributed by atoms with Crippen molar-refractivity contribution in [2.75, 3.05) is 10.6 Å². The van der Waals surface area contributed by atoms with Gasteiger partial charge in [0, 0.05) is 24.5 Å². The van der Waals surface area contributed by atoms with Gasteiger partial charge in [0.25, 0.3) is 6.20 Å². The minimum atomic E-state index is -4.51. The van der Waals surface area contributed by atoms with Crippen LogP contribution in [0.15, 0.2) is 59.5 Å². The number of hydrogen-bond acceptors (Lipinski definition) is 5. The molecular weight excluding hydrogens is 439 g/mol. The fraction of sp³-hybridized carbons (Fsp3) is 0.190. The van der Waals surface area contributed by atoms with Crippen molar-refractivity contribution in [3.8, 4) is 11.3 Å². The zero-order chi connectivity index (χ0) is 23.6. The monoisotopic (exact) mass is 458 g/mol. The second kappa shape index (κ2) is 8.73. The van der Waals surface area contributed by atoms with Crippen LogP contribution in [0.25, 0.3) is 11.3 Å². The van der Waals surface area contributed by atoms with Gasteiger partial charge in [0.05, 0.1) is 17.5 Å². The maximum Gasteiger partial charge on any atom is 0.416 e. The Balaban J connectivity index is 1.37. The molecule has 12 heteroatoms.